The zero-order chi connectivity index (χ0) is 13.4. The van der Waals surface area contributed by atoms with E-state index in [2.05, 4.69) is 6.58 Å². The minimum Gasteiger partial charge on any atom is -0.497 e. The van der Waals surface area contributed by atoms with Crippen LogP contribution in [0.1, 0.15) is 18.4 Å². The van der Waals surface area contributed by atoms with E-state index in [9.17, 15) is 4.79 Å². The Kier molecular flexibility index (Phi) is 5.94. The van der Waals surface area contributed by atoms with Crippen LogP contribution >= 0.6 is 0 Å². The second-order valence-corrected chi connectivity index (χ2v) is 3.85. The van der Waals surface area contributed by atoms with Crippen LogP contribution in [-0.2, 0) is 16.1 Å². The standard InChI is InChI=1S/C14H18O4/c1-3-4-5-13(14(15)16)18-10-11-6-8-12(17-2)9-7-11/h3,6-9,13H,1,4-5,10H2,2H3,(H,15,16). The van der Waals surface area contributed by atoms with Crippen molar-refractivity contribution in [3.63, 3.8) is 0 Å². The van der Waals surface area contributed by atoms with Crippen molar-refractivity contribution in [3.8, 4) is 5.75 Å². The molecule has 98 valence electrons. The highest BCUT2D eigenvalue weighted by Gasteiger charge is 2.16. The summed E-state index contributed by atoms with van der Waals surface area (Å²) in [6, 6.07) is 7.34. The fourth-order valence-corrected chi connectivity index (χ4v) is 1.47. The highest BCUT2D eigenvalue weighted by molar-refractivity contribution is 5.72. The van der Waals surface area contributed by atoms with E-state index in [4.69, 9.17) is 14.6 Å². The summed E-state index contributed by atoms with van der Waals surface area (Å²) < 4.78 is 10.4. The summed E-state index contributed by atoms with van der Waals surface area (Å²) in [4.78, 5) is 10.9. The molecule has 0 amide bonds. The second-order valence-electron chi connectivity index (χ2n) is 3.85. The molecule has 0 aliphatic rings. The lowest BCUT2D eigenvalue weighted by Crippen LogP contribution is -2.23. The van der Waals surface area contributed by atoms with Crippen molar-refractivity contribution in [1.29, 1.82) is 0 Å². The van der Waals surface area contributed by atoms with Gasteiger partial charge in [-0.1, -0.05) is 18.2 Å². The third-order valence-corrected chi connectivity index (χ3v) is 2.52. The van der Waals surface area contributed by atoms with Gasteiger partial charge in [-0.05, 0) is 30.5 Å². The van der Waals surface area contributed by atoms with E-state index in [-0.39, 0.29) is 6.61 Å². The van der Waals surface area contributed by atoms with Crippen LogP contribution in [0.5, 0.6) is 5.75 Å². The average Bonchev–Trinajstić information content (AvgIpc) is 2.39. The molecule has 0 saturated heterocycles. The third kappa shape index (κ3) is 4.59. The number of benzene rings is 1. The Bertz CT molecular complexity index is 383. The number of hydrogen-bond donors (Lipinski definition) is 1. The van der Waals surface area contributed by atoms with Crippen molar-refractivity contribution in [2.75, 3.05) is 7.11 Å². The van der Waals surface area contributed by atoms with Crippen LogP contribution in [0.3, 0.4) is 0 Å². The normalized spacial score (nSPS) is 11.8. The van der Waals surface area contributed by atoms with Gasteiger partial charge < -0.3 is 14.6 Å². The SMILES string of the molecule is C=CCCC(OCc1ccc(OC)cc1)C(=O)O. The highest BCUT2D eigenvalue weighted by atomic mass is 16.5. The van der Waals surface area contributed by atoms with E-state index in [0.717, 1.165) is 11.3 Å². The molecule has 0 fully saturated rings. The molecule has 0 bridgehead atoms. The van der Waals surface area contributed by atoms with Gasteiger partial charge in [-0.3, -0.25) is 0 Å². The Morgan fingerprint density at radius 2 is 2.11 bits per heavy atom. The van der Waals surface area contributed by atoms with E-state index in [0.29, 0.717) is 12.8 Å². The molecule has 4 heteroatoms. The maximum atomic E-state index is 10.9. The molecule has 1 atom stereocenters. The van der Waals surface area contributed by atoms with Gasteiger partial charge in [0.15, 0.2) is 6.10 Å². The average molecular weight is 250 g/mol. The number of carboxylic acid groups (broad SMARTS) is 1. The van der Waals surface area contributed by atoms with E-state index >= 15 is 0 Å². The van der Waals surface area contributed by atoms with Crippen molar-refractivity contribution >= 4 is 5.97 Å². The Hall–Kier alpha value is -1.81. The molecule has 0 aromatic heterocycles. The molecule has 18 heavy (non-hydrogen) atoms. The number of carbonyl (C=O) groups is 1. The zero-order valence-corrected chi connectivity index (χ0v) is 10.5. The molecule has 0 spiro atoms. The van der Waals surface area contributed by atoms with Crippen molar-refractivity contribution in [1.82, 2.24) is 0 Å². The molecule has 0 radical (unpaired) electrons. The summed E-state index contributed by atoms with van der Waals surface area (Å²) in [5.41, 5.74) is 0.917. The fraction of sp³-hybridized carbons (Fsp3) is 0.357. The fourth-order valence-electron chi connectivity index (χ4n) is 1.47. The topological polar surface area (TPSA) is 55.8 Å². The highest BCUT2D eigenvalue weighted by Crippen LogP contribution is 2.13. The molecule has 0 saturated carbocycles. The Morgan fingerprint density at radius 1 is 1.44 bits per heavy atom. The number of aliphatic carboxylic acids is 1. The number of ether oxygens (including phenoxy) is 2. The van der Waals surface area contributed by atoms with Crippen molar-refractivity contribution in [2.45, 2.75) is 25.6 Å². The van der Waals surface area contributed by atoms with Crippen molar-refractivity contribution < 1.29 is 19.4 Å². The molecule has 1 aromatic rings. The Labute approximate surface area is 107 Å². The van der Waals surface area contributed by atoms with Crippen LogP contribution in [0.4, 0.5) is 0 Å². The first-order chi connectivity index (χ1) is 8.67. The van der Waals surface area contributed by atoms with E-state index in [1.54, 1.807) is 13.2 Å². The summed E-state index contributed by atoms with van der Waals surface area (Å²) in [6.45, 7) is 3.84. The molecule has 1 unspecified atom stereocenters. The van der Waals surface area contributed by atoms with Gasteiger partial charge in [0, 0.05) is 0 Å². The van der Waals surface area contributed by atoms with Gasteiger partial charge in [0.25, 0.3) is 0 Å². The largest absolute Gasteiger partial charge is 0.497 e. The van der Waals surface area contributed by atoms with Crippen LogP contribution in [0.2, 0.25) is 0 Å². The smallest absolute Gasteiger partial charge is 0.332 e. The molecule has 1 aromatic carbocycles. The van der Waals surface area contributed by atoms with Gasteiger partial charge in [-0.25, -0.2) is 4.79 Å². The van der Waals surface area contributed by atoms with Gasteiger partial charge in [-0.15, -0.1) is 6.58 Å². The predicted molar refractivity (Wildman–Crippen MR) is 68.6 cm³/mol. The maximum Gasteiger partial charge on any atom is 0.332 e. The van der Waals surface area contributed by atoms with E-state index < -0.39 is 12.1 Å². The van der Waals surface area contributed by atoms with Gasteiger partial charge in [0.1, 0.15) is 5.75 Å². The van der Waals surface area contributed by atoms with Gasteiger partial charge in [-0.2, -0.15) is 0 Å². The molecule has 1 rings (SSSR count). The molecular weight excluding hydrogens is 232 g/mol. The monoisotopic (exact) mass is 250 g/mol. The number of rotatable bonds is 8. The Morgan fingerprint density at radius 3 is 2.61 bits per heavy atom. The van der Waals surface area contributed by atoms with Crippen molar-refractivity contribution in [3.05, 3.63) is 42.5 Å². The molecule has 1 N–H and O–H groups in total. The van der Waals surface area contributed by atoms with E-state index in [1.807, 2.05) is 24.3 Å². The lowest BCUT2D eigenvalue weighted by Gasteiger charge is -2.12. The molecule has 0 aliphatic heterocycles. The van der Waals surface area contributed by atoms with E-state index in [1.165, 1.54) is 0 Å². The summed E-state index contributed by atoms with van der Waals surface area (Å²) in [7, 11) is 1.60. The minimum absolute atomic E-state index is 0.276. The first-order valence-corrected chi connectivity index (χ1v) is 5.75. The van der Waals surface area contributed by atoms with Crippen LogP contribution in [0.15, 0.2) is 36.9 Å². The number of hydrogen-bond acceptors (Lipinski definition) is 3. The second kappa shape index (κ2) is 7.50. The first kappa shape index (κ1) is 14.3. The summed E-state index contributed by atoms with van der Waals surface area (Å²) in [6.07, 6.45) is 1.96. The van der Waals surface area contributed by atoms with Crippen LogP contribution in [0.25, 0.3) is 0 Å². The number of methoxy groups -OCH3 is 1. The zero-order valence-electron chi connectivity index (χ0n) is 10.5. The first-order valence-electron chi connectivity index (χ1n) is 5.75. The lowest BCUT2D eigenvalue weighted by atomic mass is 10.2. The van der Waals surface area contributed by atoms with Gasteiger partial charge in [0.2, 0.25) is 0 Å². The molecule has 4 nitrogen and oxygen atoms in total. The summed E-state index contributed by atoms with van der Waals surface area (Å²) in [5, 5.41) is 8.98. The van der Waals surface area contributed by atoms with Crippen LogP contribution in [-0.4, -0.2) is 24.3 Å². The van der Waals surface area contributed by atoms with Crippen LogP contribution in [0, 0.1) is 0 Å². The van der Waals surface area contributed by atoms with Crippen LogP contribution < -0.4 is 4.74 Å². The molecule has 0 heterocycles. The van der Waals surface area contributed by atoms with Gasteiger partial charge in [0.05, 0.1) is 13.7 Å². The minimum atomic E-state index is -0.939. The molecule has 0 aliphatic carbocycles. The maximum absolute atomic E-state index is 10.9. The molecular formula is C14H18O4. The quantitative estimate of drug-likeness (QED) is 0.720. The number of allylic oxidation sites excluding steroid dienone is 1. The summed E-state index contributed by atoms with van der Waals surface area (Å²) in [5.74, 6) is -0.175. The number of carboxylic acids is 1. The van der Waals surface area contributed by atoms with Gasteiger partial charge >= 0.3 is 5.97 Å². The Balaban J connectivity index is 2.49. The lowest BCUT2D eigenvalue weighted by molar-refractivity contribution is -0.151. The third-order valence-electron chi connectivity index (χ3n) is 2.52. The summed E-state index contributed by atoms with van der Waals surface area (Å²) >= 11 is 0. The van der Waals surface area contributed by atoms with Crippen molar-refractivity contribution in [2.24, 2.45) is 0 Å². The predicted octanol–water partition coefficient (Wildman–Crippen LogP) is 2.63.